The second kappa shape index (κ2) is 10.9. The third-order valence-electron chi connectivity index (χ3n) is 5.05. The first-order valence-corrected chi connectivity index (χ1v) is 10.7. The van der Waals surface area contributed by atoms with Crippen molar-refractivity contribution in [3.8, 4) is 0 Å². The first kappa shape index (κ1) is 22.0. The lowest BCUT2D eigenvalue weighted by Gasteiger charge is -2.24. The molecule has 0 bridgehead atoms. The van der Waals surface area contributed by atoms with Crippen molar-refractivity contribution in [1.29, 1.82) is 0 Å². The minimum atomic E-state index is -0.120. The largest absolute Gasteiger partial charge is 0.384 e. The van der Waals surface area contributed by atoms with E-state index in [2.05, 4.69) is 10.6 Å². The van der Waals surface area contributed by atoms with Crippen LogP contribution in [0.2, 0.25) is 0 Å². The van der Waals surface area contributed by atoms with Gasteiger partial charge >= 0.3 is 0 Å². The minimum absolute atomic E-state index is 0.120. The fourth-order valence-corrected chi connectivity index (χ4v) is 3.60. The van der Waals surface area contributed by atoms with Gasteiger partial charge in [-0.3, -0.25) is 9.59 Å². The van der Waals surface area contributed by atoms with Crippen molar-refractivity contribution in [2.24, 2.45) is 0 Å². The van der Waals surface area contributed by atoms with Gasteiger partial charge in [0, 0.05) is 62.0 Å². The number of benzene rings is 2. The van der Waals surface area contributed by atoms with Crippen LogP contribution in [0.5, 0.6) is 0 Å². The quantitative estimate of drug-likeness (QED) is 0.437. The Morgan fingerprint density at radius 3 is 1.53 bits per heavy atom. The van der Waals surface area contributed by atoms with Gasteiger partial charge in [0.15, 0.2) is 11.6 Å². The van der Waals surface area contributed by atoms with E-state index in [-0.39, 0.29) is 11.6 Å². The molecule has 0 aliphatic heterocycles. The van der Waals surface area contributed by atoms with E-state index in [4.69, 9.17) is 9.47 Å². The summed E-state index contributed by atoms with van der Waals surface area (Å²) in [5, 5.41) is 6.65. The maximum absolute atomic E-state index is 13.3. The van der Waals surface area contributed by atoms with Gasteiger partial charge in [-0.1, -0.05) is 24.3 Å². The first-order valence-electron chi connectivity index (χ1n) is 10.7. The van der Waals surface area contributed by atoms with Gasteiger partial charge in [-0.2, -0.15) is 0 Å². The molecule has 30 heavy (non-hydrogen) atoms. The second-order valence-corrected chi connectivity index (χ2v) is 7.07. The van der Waals surface area contributed by atoms with Crippen LogP contribution < -0.4 is 10.6 Å². The standard InChI is InChI=1S/C24H30N2O4/c1-3-29-15-7-13-25-19-11-12-20(26-14-8-16-30-4-2)22-21(19)23(27)17-9-5-6-10-18(17)24(22)28/h5-6,9-12,25-26H,3-4,7-8,13-16H2,1-2H3. The minimum Gasteiger partial charge on any atom is -0.384 e. The van der Waals surface area contributed by atoms with Crippen molar-refractivity contribution < 1.29 is 19.1 Å². The molecule has 0 saturated heterocycles. The van der Waals surface area contributed by atoms with E-state index in [1.165, 1.54) is 0 Å². The molecule has 0 unspecified atom stereocenters. The molecule has 0 aromatic heterocycles. The Balaban J connectivity index is 1.88. The van der Waals surface area contributed by atoms with Crippen molar-refractivity contribution >= 4 is 22.9 Å². The number of nitrogens with one attached hydrogen (secondary N) is 2. The molecule has 0 atom stereocenters. The lowest BCUT2D eigenvalue weighted by Crippen LogP contribution is -2.24. The average Bonchev–Trinajstić information content (AvgIpc) is 2.77. The van der Waals surface area contributed by atoms with Gasteiger partial charge in [0.2, 0.25) is 0 Å². The molecule has 3 rings (SSSR count). The Morgan fingerprint density at radius 2 is 1.13 bits per heavy atom. The molecule has 2 N–H and O–H groups in total. The number of anilines is 2. The fourth-order valence-electron chi connectivity index (χ4n) is 3.60. The van der Waals surface area contributed by atoms with Crippen LogP contribution in [-0.4, -0.2) is 51.1 Å². The predicted octanol–water partition coefficient (Wildman–Crippen LogP) is 4.14. The summed E-state index contributed by atoms with van der Waals surface area (Å²) in [4.78, 5) is 26.6. The molecule has 0 spiro atoms. The van der Waals surface area contributed by atoms with Crippen LogP contribution in [0.4, 0.5) is 11.4 Å². The van der Waals surface area contributed by atoms with E-state index >= 15 is 0 Å². The zero-order valence-corrected chi connectivity index (χ0v) is 17.8. The van der Waals surface area contributed by atoms with Crippen LogP contribution in [0.1, 0.15) is 58.5 Å². The van der Waals surface area contributed by atoms with E-state index in [9.17, 15) is 9.59 Å². The van der Waals surface area contributed by atoms with E-state index in [0.717, 1.165) is 12.8 Å². The molecule has 0 radical (unpaired) electrons. The Labute approximate surface area is 178 Å². The molecule has 1 aliphatic carbocycles. The lowest BCUT2D eigenvalue weighted by atomic mass is 9.82. The summed E-state index contributed by atoms with van der Waals surface area (Å²) in [6.45, 7) is 7.93. The fraction of sp³-hybridized carbons (Fsp3) is 0.417. The number of carbonyl (C=O) groups excluding carboxylic acids is 2. The van der Waals surface area contributed by atoms with Crippen molar-refractivity contribution in [1.82, 2.24) is 0 Å². The molecule has 0 heterocycles. The molecular formula is C24H30N2O4. The van der Waals surface area contributed by atoms with Crippen LogP contribution in [-0.2, 0) is 9.47 Å². The van der Waals surface area contributed by atoms with Gasteiger partial charge in [0.05, 0.1) is 11.1 Å². The van der Waals surface area contributed by atoms with Crippen molar-refractivity contribution in [2.45, 2.75) is 26.7 Å². The SMILES string of the molecule is CCOCCCNc1ccc(NCCCOCC)c2c1C(=O)c1ccccc1C2=O. The molecule has 2 aromatic rings. The van der Waals surface area contributed by atoms with Crippen molar-refractivity contribution in [3.05, 3.63) is 58.7 Å². The zero-order valence-electron chi connectivity index (χ0n) is 17.8. The maximum atomic E-state index is 13.3. The van der Waals surface area contributed by atoms with E-state index in [1.807, 2.05) is 26.0 Å². The Morgan fingerprint density at radius 1 is 0.700 bits per heavy atom. The highest BCUT2D eigenvalue weighted by atomic mass is 16.5. The van der Waals surface area contributed by atoms with Crippen LogP contribution in [0, 0.1) is 0 Å². The second-order valence-electron chi connectivity index (χ2n) is 7.07. The van der Waals surface area contributed by atoms with Gasteiger partial charge < -0.3 is 20.1 Å². The molecule has 6 nitrogen and oxygen atoms in total. The number of rotatable bonds is 12. The normalized spacial score (nSPS) is 12.5. The third kappa shape index (κ3) is 4.89. The average molecular weight is 411 g/mol. The number of hydrogen-bond acceptors (Lipinski definition) is 6. The number of carbonyl (C=O) groups is 2. The summed E-state index contributed by atoms with van der Waals surface area (Å²) in [6, 6.07) is 10.8. The summed E-state index contributed by atoms with van der Waals surface area (Å²) in [7, 11) is 0. The number of ether oxygens (including phenoxy) is 2. The lowest BCUT2D eigenvalue weighted by molar-refractivity contribution is 0.0980. The Kier molecular flexibility index (Phi) is 7.99. The monoisotopic (exact) mass is 410 g/mol. The van der Waals surface area contributed by atoms with Crippen LogP contribution in [0.25, 0.3) is 0 Å². The maximum Gasteiger partial charge on any atom is 0.196 e. The predicted molar refractivity (Wildman–Crippen MR) is 119 cm³/mol. The third-order valence-corrected chi connectivity index (χ3v) is 5.05. The highest BCUT2D eigenvalue weighted by Gasteiger charge is 2.33. The van der Waals surface area contributed by atoms with E-state index in [0.29, 0.717) is 73.1 Å². The molecule has 2 aromatic carbocycles. The topological polar surface area (TPSA) is 76.7 Å². The first-order chi connectivity index (χ1) is 14.7. The van der Waals surface area contributed by atoms with Crippen LogP contribution >= 0.6 is 0 Å². The summed E-state index contributed by atoms with van der Waals surface area (Å²) < 4.78 is 10.8. The smallest absolute Gasteiger partial charge is 0.196 e. The molecule has 0 amide bonds. The molecule has 0 saturated carbocycles. The molecule has 6 heteroatoms. The summed E-state index contributed by atoms with van der Waals surface area (Å²) in [6.07, 6.45) is 1.64. The number of fused-ring (bicyclic) bond motifs is 2. The zero-order chi connectivity index (χ0) is 21.3. The van der Waals surface area contributed by atoms with Gasteiger partial charge in [-0.25, -0.2) is 0 Å². The van der Waals surface area contributed by atoms with Gasteiger partial charge in [-0.15, -0.1) is 0 Å². The van der Waals surface area contributed by atoms with E-state index < -0.39 is 0 Å². The Bertz CT molecular complexity index is 823. The summed E-state index contributed by atoms with van der Waals surface area (Å²) in [5.74, 6) is -0.240. The van der Waals surface area contributed by atoms with Crippen LogP contribution in [0.3, 0.4) is 0 Å². The highest BCUT2D eigenvalue weighted by Crippen LogP contribution is 2.36. The highest BCUT2D eigenvalue weighted by molar-refractivity contribution is 6.31. The molecule has 0 fully saturated rings. The van der Waals surface area contributed by atoms with Crippen molar-refractivity contribution in [3.63, 3.8) is 0 Å². The Hall–Kier alpha value is -2.70. The number of ketones is 2. The van der Waals surface area contributed by atoms with Gasteiger partial charge in [0.1, 0.15) is 0 Å². The summed E-state index contributed by atoms with van der Waals surface area (Å²) in [5.41, 5.74) is 3.19. The van der Waals surface area contributed by atoms with Crippen molar-refractivity contribution in [2.75, 3.05) is 50.2 Å². The van der Waals surface area contributed by atoms with Gasteiger partial charge in [-0.05, 0) is 38.8 Å². The van der Waals surface area contributed by atoms with Crippen LogP contribution in [0.15, 0.2) is 36.4 Å². The molecular weight excluding hydrogens is 380 g/mol. The van der Waals surface area contributed by atoms with E-state index in [1.54, 1.807) is 24.3 Å². The molecule has 160 valence electrons. The number of hydrogen-bond donors (Lipinski definition) is 2. The van der Waals surface area contributed by atoms with Gasteiger partial charge in [0.25, 0.3) is 0 Å². The summed E-state index contributed by atoms with van der Waals surface area (Å²) >= 11 is 0. The molecule has 1 aliphatic rings.